The second-order valence-corrected chi connectivity index (χ2v) is 6.38. The van der Waals surface area contributed by atoms with E-state index in [1.807, 2.05) is 35.7 Å². The van der Waals surface area contributed by atoms with Gasteiger partial charge in [0.1, 0.15) is 11.1 Å². The fourth-order valence-electron chi connectivity index (χ4n) is 2.07. The average Bonchev–Trinajstić information content (AvgIpc) is 3.05. The van der Waals surface area contributed by atoms with E-state index in [0.717, 1.165) is 11.3 Å². The summed E-state index contributed by atoms with van der Waals surface area (Å²) in [5.41, 5.74) is 2.93. The van der Waals surface area contributed by atoms with Crippen LogP contribution < -0.4 is 0 Å². The van der Waals surface area contributed by atoms with Gasteiger partial charge in [-0.15, -0.1) is 11.3 Å². The Morgan fingerprint density at radius 1 is 1.04 bits per heavy atom. The molecule has 0 aliphatic rings. The van der Waals surface area contributed by atoms with Gasteiger partial charge < -0.3 is 0 Å². The number of halogens is 2. The number of allylic oxidation sites excluding steroid dienone is 1. The second kappa shape index (κ2) is 6.97. The van der Waals surface area contributed by atoms with Gasteiger partial charge in [0.05, 0.1) is 11.3 Å². The largest absolute Gasteiger partial charge is 0.235 e. The summed E-state index contributed by atoms with van der Waals surface area (Å²) in [5, 5.41) is 13.0. The molecule has 2 aromatic carbocycles. The van der Waals surface area contributed by atoms with Crippen molar-refractivity contribution in [1.82, 2.24) is 4.98 Å². The lowest BCUT2D eigenvalue weighted by molar-refractivity contribution is 1.37. The highest BCUT2D eigenvalue weighted by Gasteiger charge is 2.11. The number of aromatic nitrogens is 1. The van der Waals surface area contributed by atoms with E-state index < -0.39 is 0 Å². The minimum absolute atomic E-state index is 0.437. The average molecular weight is 357 g/mol. The molecule has 3 rings (SSSR count). The summed E-state index contributed by atoms with van der Waals surface area (Å²) in [6, 6.07) is 17.3. The van der Waals surface area contributed by atoms with E-state index in [1.165, 1.54) is 11.3 Å². The van der Waals surface area contributed by atoms with Gasteiger partial charge in [-0.3, -0.25) is 0 Å². The zero-order chi connectivity index (χ0) is 16.2. The molecule has 2 nitrogen and oxygen atoms in total. The summed E-state index contributed by atoms with van der Waals surface area (Å²) in [4.78, 5) is 4.55. The summed E-state index contributed by atoms with van der Waals surface area (Å²) in [6.07, 6.45) is 1.68. The smallest absolute Gasteiger partial charge is 0.134 e. The van der Waals surface area contributed by atoms with E-state index in [-0.39, 0.29) is 0 Å². The Morgan fingerprint density at radius 3 is 2.39 bits per heavy atom. The topological polar surface area (TPSA) is 36.7 Å². The van der Waals surface area contributed by atoms with Crippen molar-refractivity contribution < 1.29 is 0 Å². The van der Waals surface area contributed by atoms with Crippen molar-refractivity contribution in [2.45, 2.75) is 0 Å². The van der Waals surface area contributed by atoms with Crippen molar-refractivity contribution in [2.75, 3.05) is 0 Å². The predicted molar refractivity (Wildman–Crippen MR) is 97.5 cm³/mol. The first-order chi connectivity index (χ1) is 11.2. The Hall–Kier alpha value is -2.12. The maximum atomic E-state index is 9.46. The first kappa shape index (κ1) is 15.8. The first-order valence-corrected chi connectivity index (χ1v) is 8.39. The lowest BCUT2D eigenvalue weighted by Crippen LogP contribution is -1.84. The molecule has 23 heavy (non-hydrogen) atoms. The number of hydrogen-bond acceptors (Lipinski definition) is 3. The van der Waals surface area contributed by atoms with E-state index in [4.69, 9.17) is 23.2 Å². The van der Waals surface area contributed by atoms with Crippen LogP contribution in [0.25, 0.3) is 22.9 Å². The van der Waals surface area contributed by atoms with Gasteiger partial charge in [0.25, 0.3) is 0 Å². The fourth-order valence-corrected chi connectivity index (χ4v) is 3.37. The van der Waals surface area contributed by atoms with Crippen molar-refractivity contribution in [3.63, 3.8) is 0 Å². The van der Waals surface area contributed by atoms with Gasteiger partial charge in [-0.2, -0.15) is 5.26 Å². The number of thiazole rings is 1. The van der Waals surface area contributed by atoms with Crippen LogP contribution in [0.2, 0.25) is 10.0 Å². The molecule has 0 aliphatic carbocycles. The third-order valence-electron chi connectivity index (χ3n) is 3.21. The van der Waals surface area contributed by atoms with Gasteiger partial charge in [-0.25, -0.2) is 4.98 Å². The lowest BCUT2D eigenvalue weighted by atomic mass is 10.1. The minimum atomic E-state index is 0.437. The molecule has 5 heteroatoms. The molecule has 1 aromatic heterocycles. The van der Waals surface area contributed by atoms with Crippen molar-refractivity contribution in [3.8, 4) is 17.3 Å². The molecule has 0 radical (unpaired) electrons. The third kappa shape index (κ3) is 3.46. The summed E-state index contributed by atoms with van der Waals surface area (Å²) in [5.74, 6) is 0. The van der Waals surface area contributed by atoms with Crippen LogP contribution in [0.3, 0.4) is 0 Å². The summed E-state index contributed by atoms with van der Waals surface area (Å²) >= 11 is 13.7. The zero-order valence-corrected chi connectivity index (χ0v) is 14.2. The SMILES string of the molecule is N#C/C(=C\c1c(Cl)cccc1Cl)c1nc(-c2ccccc2)cs1. The maximum absolute atomic E-state index is 9.46. The molecule has 0 N–H and O–H groups in total. The molecular formula is C18H10Cl2N2S. The van der Waals surface area contributed by atoms with Crippen molar-refractivity contribution in [2.24, 2.45) is 0 Å². The molecule has 112 valence electrons. The minimum Gasteiger partial charge on any atom is -0.235 e. The Bertz CT molecular complexity index is 888. The highest BCUT2D eigenvalue weighted by atomic mass is 35.5. The number of benzene rings is 2. The zero-order valence-electron chi connectivity index (χ0n) is 11.8. The number of nitriles is 1. The van der Waals surface area contributed by atoms with Gasteiger partial charge in [-0.05, 0) is 18.2 Å². The standard InChI is InChI=1S/C18H10Cl2N2S/c19-15-7-4-8-16(20)14(15)9-13(10-21)18-22-17(11-23-18)12-5-2-1-3-6-12/h1-9,11H/b13-9+. The molecule has 3 aromatic rings. The highest BCUT2D eigenvalue weighted by molar-refractivity contribution is 7.11. The molecule has 0 spiro atoms. The quantitative estimate of drug-likeness (QED) is 0.525. The molecule has 0 unspecified atom stereocenters. The van der Waals surface area contributed by atoms with Crippen LogP contribution >= 0.6 is 34.5 Å². The van der Waals surface area contributed by atoms with E-state index in [9.17, 15) is 5.26 Å². The molecule has 0 atom stereocenters. The lowest BCUT2D eigenvalue weighted by Gasteiger charge is -2.02. The predicted octanol–water partition coefficient (Wildman–Crippen LogP) is 6.18. The summed E-state index contributed by atoms with van der Waals surface area (Å²) < 4.78 is 0. The van der Waals surface area contributed by atoms with Crippen molar-refractivity contribution in [3.05, 3.63) is 74.5 Å². The number of hydrogen-bond donors (Lipinski definition) is 0. The molecule has 0 bridgehead atoms. The van der Waals surface area contributed by atoms with E-state index in [1.54, 1.807) is 24.3 Å². The van der Waals surface area contributed by atoms with E-state index >= 15 is 0 Å². The molecule has 0 saturated carbocycles. The Balaban J connectivity index is 2.01. The third-order valence-corrected chi connectivity index (χ3v) is 4.75. The molecule has 0 saturated heterocycles. The summed E-state index contributed by atoms with van der Waals surface area (Å²) in [6.45, 7) is 0. The van der Waals surface area contributed by atoms with Crippen LogP contribution in [0, 0.1) is 11.3 Å². The van der Waals surface area contributed by atoms with Gasteiger partial charge in [0.2, 0.25) is 0 Å². The van der Waals surface area contributed by atoms with Crippen LogP contribution in [0.4, 0.5) is 0 Å². The monoisotopic (exact) mass is 356 g/mol. The van der Waals surface area contributed by atoms with Gasteiger partial charge in [-0.1, -0.05) is 59.6 Å². The van der Waals surface area contributed by atoms with Gasteiger partial charge in [0, 0.05) is 26.6 Å². The van der Waals surface area contributed by atoms with E-state index in [2.05, 4.69) is 11.1 Å². The number of rotatable bonds is 3. The van der Waals surface area contributed by atoms with Gasteiger partial charge in [0.15, 0.2) is 0 Å². The first-order valence-electron chi connectivity index (χ1n) is 6.76. The molecular weight excluding hydrogens is 347 g/mol. The molecule has 0 aliphatic heterocycles. The van der Waals surface area contributed by atoms with Crippen LogP contribution in [-0.4, -0.2) is 4.98 Å². The van der Waals surface area contributed by atoms with Crippen LogP contribution in [0.5, 0.6) is 0 Å². The fraction of sp³-hybridized carbons (Fsp3) is 0. The number of nitrogens with zero attached hydrogens (tertiary/aromatic N) is 2. The summed E-state index contributed by atoms with van der Waals surface area (Å²) in [7, 11) is 0. The Kier molecular flexibility index (Phi) is 4.78. The Labute approximate surface area is 148 Å². The molecule has 0 fully saturated rings. The van der Waals surface area contributed by atoms with Crippen LogP contribution in [0.15, 0.2) is 53.9 Å². The molecule has 1 heterocycles. The normalized spacial score (nSPS) is 11.3. The van der Waals surface area contributed by atoms with Crippen molar-refractivity contribution in [1.29, 1.82) is 5.26 Å². The van der Waals surface area contributed by atoms with Gasteiger partial charge >= 0.3 is 0 Å². The highest BCUT2D eigenvalue weighted by Crippen LogP contribution is 2.31. The second-order valence-electron chi connectivity index (χ2n) is 4.71. The van der Waals surface area contributed by atoms with Crippen molar-refractivity contribution >= 4 is 46.2 Å². The van der Waals surface area contributed by atoms with E-state index in [0.29, 0.717) is 26.2 Å². The maximum Gasteiger partial charge on any atom is 0.134 e. The molecule has 0 amide bonds. The van der Waals surface area contributed by atoms with Crippen LogP contribution in [-0.2, 0) is 0 Å². The Morgan fingerprint density at radius 2 is 1.74 bits per heavy atom. The van der Waals surface area contributed by atoms with Crippen LogP contribution in [0.1, 0.15) is 10.6 Å².